The summed E-state index contributed by atoms with van der Waals surface area (Å²) in [7, 11) is 2.65. The summed E-state index contributed by atoms with van der Waals surface area (Å²) in [5, 5.41) is 26.5. The van der Waals surface area contributed by atoms with Gasteiger partial charge in [-0.05, 0) is 49.8 Å². The van der Waals surface area contributed by atoms with E-state index in [4.69, 9.17) is 20.3 Å². The Balaban J connectivity index is 1.33. The number of amides is 2. The minimum absolute atomic E-state index is 0.0440. The van der Waals surface area contributed by atoms with Gasteiger partial charge < -0.3 is 41.4 Å². The van der Waals surface area contributed by atoms with Crippen LogP contribution >= 0.6 is 21.6 Å². The number of hydrogen-bond donors (Lipinski definition) is 7. The Hall–Kier alpha value is -4.95. The molecule has 1 aromatic carbocycles. The van der Waals surface area contributed by atoms with Crippen molar-refractivity contribution < 1.29 is 43.7 Å². The summed E-state index contributed by atoms with van der Waals surface area (Å²) in [6.45, 7) is 0.00134. The van der Waals surface area contributed by atoms with Crippen LogP contribution in [-0.4, -0.2) is 97.4 Å². The lowest BCUT2D eigenvalue weighted by atomic mass is 10.0. The predicted octanol–water partition coefficient (Wildman–Crippen LogP) is 1.77. The van der Waals surface area contributed by atoms with Crippen molar-refractivity contribution in [1.82, 2.24) is 30.6 Å². The highest BCUT2D eigenvalue weighted by molar-refractivity contribution is 8.76. The maximum absolute atomic E-state index is 12.7. The highest BCUT2D eigenvalue weighted by Crippen LogP contribution is 2.18. The van der Waals surface area contributed by atoms with E-state index < -0.39 is 41.6 Å². The van der Waals surface area contributed by atoms with Crippen LogP contribution in [0.1, 0.15) is 48.2 Å². The summed E-state index contributed by atoms with van der Waals surface area (Å²) in [4.78, 5) is 86.3. The first-order valence-electron chi connectivity index (χ1n) is 14.8. The molecule has 3 rings (SSSR count). The number of carbonyl (C=O) groups is 5. The monoisotopic (exact) mass is 720 g/mol. The summed E-state index contributed by atoms with van der Waals surface area (Å²) in [5.41, 5.74) is 6.46. The molecule has 0 radical (unpaired) electrons. The van der Waals surface area contributed by atoms with Gasteiger partial charge in [0.1, 0.15) is 17.9 Å². The Bertz CT molecular complexity index is 1670. The molecule has 0 aliphatic rings. The summed E-state index contributed by atoms with van der Waals surface area (Å²) in [6.07, 6.45) is 3.23. The van der Waals surface area contributed by atoms with Crippen LogP contribution in [0.4, 0.5) is 16.4 Å². The minimum Gasteiger partial charge on any atom is -0.480 e. The smallest absolute Gasteiger partial charge is 0.409 e. The number of nitrogens with two attached hydrogens (primary N) is 1. The number of nitrogens with one attached hydrogen (secondary N) is 4. The third-order valence-electron chi connectivity index (χ3n) is 6.63. The predicted molar refractivity (Wildman–Crippen MR) is 181 cm³/mol. The van der Waals surface area contributed by atoms with E-state index in [9.17, 15) is 33.9 Å². The molecule has 2 aromatic heterocycles. The topological polar surface area (TPSA) is 278 Å². The summed E-state index contributed by atoms with van der Waals surface area (Å²) < 4.78 is 9.99. The number of benzene rings is 1. The molecule has 49 heavy (non-hydrogen) atoms. The Kier molecular flexibility index (Phi) is 15.5. The molecule has 264 valence electrons. The van der Waals surface area contributed by atoms with Crippen LogP contribution in [-0.2, 0) is 30.4 Å². The van der Waals surface area contributed by atoms with Crippen molar-refractivity contribution in [2.75, 3.05) is 36.5 Å². The van der Waals surface area contributed by atoms with Gasteiger partial charge in [0.25, 0.3) is 11.5 Å². The number of nitrogen functional groups attached to an aromatic ring is 1. The van der Waals surface area contributed by atoms with Gasteiger partial charge in [0.15, 0.2) is 18.0 Å². The molecular formula is C29H36N8O10S2. The second-order valence-corrected chi connectivity index (χ2v) is 12.9. The van der Waals surface area contributed by atoms with Crippen LogP contribution in [0.5, 0.6) is 0 Å². The van der Waals surface area contributed by atoms with Crippen molar-refractivity contribution in [3.8, 4) is 0 Å². The number of nitrogens with zero attached hydrogens (tertiary/aromatic N) is 3. The summed E-state index contributed by atoms with van der Waals surface area (Å²) in [5.74, 6) is -3.16. The number of ketones is 1. The lowest BCUT2D eigenvalue weighted by molar-refractivity contribution is -0.140. The van der Waals surface area contributed by atoms with Gasteiger partial charge in [0.05, 0.1) is 25.0 Å². The fourth-order valence-electron chi connectivity index (χ4n) is 4.09. The van der Waals surface area contributed by atoms with Crippen molar-refractivity contribution >= 4 is 74.1 Å². The van der Waals surface area contributed by atoms with Crippen LogP contribution in [0.2, 0.25) is 0 Å². The van der Waals surface area contributed by atoms with E-state index in [1.807, 2.05) is 0 Å². The Labute approximate surface area is 287 Å². The highest BCUT2D eigenvalue weighted by Gasteiger charge is 2.22. The van der Waals surface area contributed by atoms with Gasteiger partial charge in [-0.15, -0.1) is 0 Å². The maximum atomic E-state index is 12.7. The number of H-pyrrole nitrogens is 1. The van der Waals surface area contributed by atoms with E-state index in [1.165, 1.54) is 39.9 Å². The third kappa shape index (κ3) is 13.2. The van der Waals surface area contributed by atoms with Gasteiger partial charge >= 0.3 is 18.0 Å². The SMILES string of the molecule is CSSCC(NC(=O)OCOCCCCC(=O)CC[C@H](NC(=O)c1ccc(NCc2cnc3nc(N)[nH]c(=O)c3n2)cc1)C(=O)O)C(=O)O. The van der Waals surface area contributed by atoms with E-state index in [2.05, 4.69) is 35.9 Å². The number of Topliss-reactive ketones (excluding diaryl/α,β-unsaturated/α-hetero) is 1. The van der Waals surface area contributed by atoms with Crippen LogP contribution in [0.25, 0.3) is 11.2 Å². The normalized spacial score (nSPS) is 12.1. The number of anilines is 2. The second kappa shape index (κ2) is 19.8. The molecule has 2 atom stereocenters. The number of hydrogen-bond acceptors (Lipinski definition) is 15. The van der Waals surface area contributed by atoms with Crippen LogP contribution in [0, 0.1) is 0 Å². The number of carboxylic acids is 2. The van der Waals surface area contributed by atoms with Crippen molar-refractivity contribution in [3.05, 3.63) is 52.1 Å². The van der Waals surface area contributed by atoms with Gasteiger partial charge in [-0.3, -0.25) is 19.4 Å². The number of rotatable bonds is 21. The number of aromatic amines is 1. The molecular weight excluding hydrogens is 684 g/mol. The van der Waals surface area contributed by atoms with Crippen molar-refractivity contribution in [1.29, 1.82) is 0 Å². The summed E-state index contributed by atoms with van der Waals surface area (Å²) >= 11 is 0. The minimum atomic E-state index is -1.28. The average molecular weight is 721 g/mol. The number of carboxylic acid groups (broad SMARTS) is 2. The number of carbonyl (C=O) groups excluding carboxylic acids is 3. The highest BCUT2D eigenvalue weighted by atomic mass is 33.1. The number of fused-ring (bicyclic) bond motifs is 1. The van der Waals surface area contributed by atoms with E-state index in [1.54, 1.807) is 18.4 Å². The molecule has 0 bridgehead atoms. The average Bonchev–Trinajstić information content (AvgIpc) is 3.07. The van der Waals surface area contributed by atoms with Gasteiger partial charge in [-0.25, -0.2) is 24.4 Å². The van der Waals surface area contributed by atoms with Gasteiger partial charge in [-0.1, -0.05) is 21.6 Å². The fraction of sp³-hybridized carbons (Fsp3) is 0.414. The van der Waals surface area contributed by atoms with E-state index in [0.29, 0.717) is 24.2 Å². The first-order valence-corrected chi connectivity index (χ1v) is 17.5. The number of aromatic nitrogens is 4. The van der Waals surface area contributed by atoms with Crippen LogP contribution in [0.15, 0.2) is 35.3 Å². The quantitative estimate of drug-likeness (QED) is 0.0469. The van der Waals surface area contributed by atoms with E-state index in [0.717, 1.165) is 0 Å². The van der Waals surface area contributed by atoms with E-state index in [-0.39, 0.29) is 73.4 Å². The Morgan fingerprint density at radius 2 is 1.73 bits per heavy atom. The van der Waals surface area contributed by atoms with Crippen molar-refractivity contribution in [2.45, 2.75) is 50.7 Å². The molecule has 0 saturated carbocycles. The molecule has 0 spiro atoms. The first kappa shape index (κ1) is 38.5. The zero-order valence-corrected chi connectivity index (χ0v) is 27.9. The standard InChI is InChI=1S/C29H36N8O10S2/c1-48-49-14-21(27(43)44)35-29(45)47-15-46-11-3-2-4-19(38)9-10-20(26(41)42)34-24(39)16-5-7-17(8-6-16)31-12-18-13-32-23-22(33-18)25(40)37-28(30)36-23/h5-8,13,20-21,31H,2-4,9-12,14-15H2,1H3,(H,34,39)(H,35,45)(H,41,42)(H,43,44)(H3,30,32,36,37,40)/t20-,21?/m0/s1. The Morgan fingerprint density at radius 3 is 2.43 bits per heavy atom. The lowest BCUT2D eigenvalue weighted by Gasteiger charge is -2.15. The fourth-order valence-corrected chi connectivity index (χ4v) is 5.41. The molecule has 20 heteroatoms. The molecule has 0 fully saturated rings. The number of alkyl carbamates (subject to hydrolysis) is 1. The van der Waals surface area contributed by atoms with Crippen molar-refractivity contribution in [2.24, 2.45) is 0 Å². The zero-order chi connectivity index (χ0) is 35.8. The summed E-state index contributed by atoms with van der Waals surface area (Å²) in [6, 6.07) is 3.86. The molecule has 2 amide bonds. The zero-order valence-electron chi connectivity index (χ0n) is 26.3. The molecule has 1 unspecified atom stereocenters. The van der Waals surface area contributed by atoms with Gasteiger partial charge in [0, 0.05) is 29.8 Å². The molecule has 18 nitrogen and oxygen atoms in total. The molecule has 0 aliphatic carbocycles. The molecule has 8 N–H and O–H groups in total. The number of aliphatic carboxylic acids is 2. The molecule has 0 aliphatic heterocycles. The second-order valence-electron chi connectivity index (χ2n) is 10.3. The van der Waals surface area contributed by atoms with Gasteiger partial charge in [-0.2, -0.15) is 4.98 Å². The van der Waals surface area contributed by atoms with Crippen molar-refractivity contribution in [3.63, 3.8) is 0 Å². The lowest BCUT2D eigenvalue weighted by Crippen LogP contribution is -2.42. The Morgan fingerprint density at radius 1 is 1.00 bits per heavy atom. The first-order chi connectivity index (χ1) is 23.5. The van der Waals surface area contributed by atoms with Gasteiger partial charge in [0.2, 0.25) is 5.95 Å². The molecule has 0 saturated heterocycles. The van der Waals surface area contributed by atoms with E-state index >= 15 is 0 Å². The van der Waals surface area contributed by atoms with Crippen LogP contribution in [0.3, 0.4) is 0 Å². The largest absolute Gasteiger partial charge is 0.480 e. The third-order valence-corrected chi connectivity index (χ3v) is 8.45. The molecule has 3 aromatic rings. The van der Waals surface area contributed by atoms with Crippen LogP contribution < -0.4 is 27.2 Å². The number of unbranched alkanes of at least 4 members (excludes halogenated alkanes) is 1. The number of ether oxygens (including phenoxy) is 2. The molecule has 2 heterocycles. The maximum Gasteiger partial charge on any atom is 0.409 e.